The number of ether oxygens (including phenoxy) is 2. The second kappa shape index (κ2) is 3.84. The summed E-state index contributed by atoms with van der Waals surface area (Å²) in [6.45, 7) is 0. The zero-order valence-electron chi connectivity index (χ0n) is 8.60. The SMILES string of the molecule is COc1cccc2c1C(=O)OC(C(=O)O)C2. The van der Waals surface area contributed by atoms with Gasteiger partial charge < -0.3 is 14.6 Å². The van der Waals surface area contributed by atoms with Crippen molar-refractivity contribution in [2.24, 2.45) is 0 Å². The third kappa shape index (κ3) is 1.60. The first kappa shape index (κ1) is 10.5. The van der Waals surface area contributed by atoms with Crippen LogP contribution in [0.25, 0.3) is 0 Å². The highest BCUT2D eigenvalue weighted by Gasteiger charge is 2.33. The van der Waals surface area contributed by atoms with Crippen LogP contribution in [0.5, 0.6) is 5.75 Å². The number of carbonyl (C=O) groups excluding carboxylic acids is 1. The zero-order chi connectivity index (χ0) is 11.7. The van der Waals surface area contributed by atoms with Crippen molar-refractivity contribution < 1.29 is 24.2 Å². The lowest BCUT2D eigenvalue weighted by atomic mass is 9.98. The summed E-state index contributed by atoms with van der Waals surface area (Å²) in [5.74, 6) is -1.38. The summed E-state index contributed by atoms with van der Waals surface area (Å²) in [5, 5.41) is 8.80. The third-order valence-electron chi connectivity index (χ3n) is 2.47. The van der Waals surface area contributed by atoms with Crippen LogP contribution in [0, 0.1) is 0 Å². The topological polar surface area (TPSA) is 72.8 Å². The number of esters is 1. The highest BCUT2D eigenvalue weighted by Crippen LogP contribution is 2.28. The molecule has 0 aromatic heterocycles. The van der Waals surface area contributed by atoms with Gasteiger partial charge in [-0.25, -0.2) is 9.59 Å². The van der Waals surface area contributed by atoms with Crippen molar-refractivity contribution in [1.29, 1.82) is 0 Å². The van der Waals surface area contributed by atoms with E-state index in [0.29, 0.717) is 16.9 Å². The number of rotatable bonds is 2. The Morgan fingerprint density at radius 3 is 2.94 bits per heavy atom. The van der Waals surface area contributed by atoms with Gasteiger partial charge in [0.15, 0.2) is 0 Å². The predicted octanol–water partition coefficient (Wildman–Crippen LogP) is 0.861. The van der Waals surface area contributed by atoms with Crippen molar-refractivity contribution in [2.45, 2.75) is 12.5 Å². The summed E-state index contributed by atoms with van der Waals surface area (Å²) in [6, 6.07) is 5.06. The van der Waals surface area contributed by atoms with E-state index in [-0.39, 0.29) is 6.42 Å². The average Bonchev–Trinajstić information content (AvgIpc) is 2.27. The maximum Gasteiger partial charge on any atom is 0.345 e. The number of aliphatic carboxylic acids is 1. The van der Waals surface area contributed by atoms with E-state index >= 15 is 0 Å². The molecule has 16 heavy (non-hydrogen) atoms. The Balaban J connectivity index is 2.45. The lowest BCUT2D eigenvalue weighted by molar-refractivity contribution is -0.147. The molecule has 0 saturated heterocycles. The van der Waals surface area contributed by atoms with Gasteiger partial charge in [-0.05, 0) is 11.6 Å². The molecule has 0 amide bonds. The molecule has 0 fully saturated rings. The van der Waals surface area contributed by atoms with Gasteiger partial charge in [0.25, 0.3) is 0 Å². The monoisotopic (exact) mass is 222 g/mol. The maximum atomic E-state index is 11.6. The smallest absolute Gasteiger partial charge is 0.345 e. The van der Waals surface area contributed by atoms with Crippen LogP contribution in [0.1, 0.15) is 15.9 Å². The normalized spacial score (nSPS) is 18.6. The fourth-order valence-electron chi connectivity index (χ4n) is 1.72. The molecule has 1 aliphatic rings. The van der Waals surface area contributed by atoms with Crippen LogP contribution in [0.3, 0.4) is 0 Å². The Hall–Kier alpha value is -2.04. The summed E-state index contributed by atoms with van der Waals surface area (Å²) < 4.78 is 9.83. The lowest BCUT2D eigenvalue weighted by Crippen LogP contribution is -2.34. The van der Waals surface area contributed by atoms with Gasteiger partial charge in [0.05, 0.1) is 7.11 Å². The molecule has 0 saturated carbocycles. The number of methoxy groups -OCH3 is 1. The molecule has 0 aliphatic carbocycles. The maximum absolute atomic E-state index is 11.6. The average molecular weight is 222 g/mol. The Morgan fingerprint density at radius 2 is 2.31 bits per heavy atom. The van der Waals surface area contributed by atoms with E-state index in [1.165, 1.54) is 7.11 Å². The Morgan fingerprint density at radius 1 is 1.56 bits per heavy atom. The van der Waals surface area contributed by atoms with Gasteiger partial charge in [-0.15, -0.1) is 0 Å². The molecule has 5 heteroatoms. The fourth-order valence-corrected chi connectivity index (χ4v) is 1.72. The molecule has 1 unspecified atom stereocenters. The Labute approximate surface area is 91.6 Å². The standard InChI is InChI=1S/C11H10O5/c1-15-7-4-2-3-6-5-8(10(12)13)16-11(14)9(6)7/h2-4,8H,5H2,1H3,(H,12,13). The van der Waals surface area contributed by atoms with Crippen molar-refractivity contribution in [3.63, 3.8) is 0 Å². The van der Waals surface area contributed by atoms with E-state index in [1.54, 1.807) is 18.2 Å². The first-order valence-corrected chi connectivity index (χ1v) is 4.73. The molecular weight excluding hydrogens is 212 g/mol. The van der Waals surface area contributed by atoms with Crippen LogP contribution in [-0.4, -0.2) is 30.3 Å². The molecule has 84 valence electrons. The minimum absolute atomic E-state index is 0.174. The molecule has 2 rings (SSSR count). The second-order valence-corrected chi connectivity index (χ2v) is 3.43. The molecule has 0 spiro atoms. The predicted molar refractivity (Wildman–Crippen MR) is 53.5 cm³/mol. The van der Waals surface area contributed by atoms with Gasteiger partial charge in [0.2, 0.25) is 6.10 Å². The van der Waals surface area contributed by atoms with Crippen LogP contribution in [0.2, 0.25) is 0 Å². The molecule has 1 N–H and O–H groups in total. The molecule has 1 aromatic carbocycles. The van der Waals surface area contributed by atoms with Crippen LogP contribution in [0.15, 0.2) is 18.2 Å². The number of benzene rings is 1. The number of fused-ring (bicyclic) bond motifs is 1. The van der Waals surface area contributed by atoms with Crippen molar-refractivity contribution in [3.8, 4) is 5.75 Å². The van der Waals surface area contributed by atoms with Gasteiger partial charge in [-0.3, -0.25) is 0 Å². The summed E-state index contributed by atoms with van der Waals surface area (Å²) in [5.41, 5.74) is 0.963. The summed E-state index contributed by atoms with van der Waals surface area (Å²) in [7, 11) is 1.45. The van der Waals surface area contributed by atoms with Gasteiger partial charge in [0, 0.05) is 6.42 Å². The van der Waals surface area contributed by atoms with E-state index in [9.17, 15) is 9.59 Å². The van der Waals surface area contributed by atoms with Crippen LogP contribution < -0.4 is 4.74 Å². The van der Waals surface area contributed by atoms with Crippen LogP contribution >= 0.6 is 0 Å². The molecule has 1 aliphatic heterocycles. The van der Waals surface area contributed by atoms with E-state index in [1.807, 2.05) is 0 Å². The van der Waals surface area contributed by atoms with E-state index in [0.717, 1.165) is 0 Å². The highest BCUT2D eigenvalue weighted by molar-refractivity contribution is 5.97. The number of hydrogen-bond acceptors (Lipinski definition) is 4. The first-order valence-electron chi connectivity index (χ1n) is 4.73. The quantitative estimate of drug-likeness (QED) is 0.751. The van der Waals surface area contributed by atoms with Crippen molar-refractivity contribution in [3.05, 3.63) is 29.3 Å². The molecule has 1 aromatic rings. The van der Waals surface area contributed by atoms with Crippen LogP contribution in [-0.2, 0) is 16.0 Å². The van der Waals surface area contributed by atoms with E-state index in [4.69, 9.17) is 14.6 Å². The lowest BCUT2D eigenvalue weighted by Gasteiger charge is -2.22. The molecule has 0 radical (unpaired) electrons. The van der Waals surface area contributed by atoms with E-state index < -0.39 is 18.0 Å². The number of cyclic esters (lactones) is 1. The minimum Gasteiger partial charge on any atom is -0.496 e. The van der Waals surface area contributed by atoms with Crippen molar-refractivity contribution in [1.82, 2.24) is 0 Å². The third-order valence-corrected chi connectivity index (χ3v) is 2.47. The molecule has 5 nitrogen and oxygen atoms in total. The first-order chi connectivity index (χ1) is 7.63. The Bertz CT molecular complexity index is 452. The van der Waals surface area contributed by atoms with Gasteiger partial charge in [-0.2, -0.15) is 0 Å². The number of carboxylic acids is 1. The molecular formula is C11H10O5. The van der Waals surface area contributed by atoms with Crippen molar-refractivity contribution >= 4 is 11.9 Å². The molecule has 0 bridgehead atoms. The van der Waals surface area contributed by atoms with E-state index in [2.05, 4.69) is 0 Å². The largest absolute Gasteiger partial charge is 0.496 e. The summed E-state index contributed by atoms with van der Waals surface area (Å²) in [6.07, 6.45) is -0.930. The second-order valence-electron chi connectivity index (χ2n) is 3.43. The van der Waals surface area contributed by atoms with Gasteiger partial charge in [-0.1, -0.05) is 12.1 Å². The van der Waals surface area contributed by atoms with Crippen molar-refractivity contribution in [2.75, 3.05) is 7.11 Å². The number of carboxylic acid groups (broad SMARTS) is 1. The highest BCUT2D eigenvalue weighted by atomic mass is 16.6. The Kier molecular flexibility index (Phi) is 2.52. The molecule has 1 atom stereocenters. The fraction of sp³-hybridized carbons (Fsp3) is 0.273. The number of carbonyl (C=O) groups is 2. The number of hydrogen-bond donors (Lipinski definition) is 1. The van der Waals surface area contributed by atoms with Crippen LogP contribution in [0.4, 0.5) is 0 Å². The van der Waals surface area contributed by atoms with Gasteiger partial charge >= 0.3 is 11.9 Å². The minimum atomic E-state index is -1.14. The summed E-state index contributed by atoms with van der Waals surface area (Å²) in [4.78, 5) is 22.4. The summed E-state index contributed by atoms with van der Waals surface area (Å²) >= 11 is 0. The molecule has 1 heterocycles. The van der Waals surface area contributed by atoms with Gasteiger partial charge in [0.1, 0.15) is 11.3 Å². The zero-order valence-corrected chi connectivity index (χ0v) is 8.60.